The SMILES string of the molecule is C=C(CC(=O)SCC1[C@H](C)CC2C3C[C@H](C)C4=CC(=O)C=CC4(C)[C@@]3(F)C(O)CC21C)O/C=C\CC. The van der Waals surface area contributed by atoms with Crippen molar-refractivity contribution in [3.63, 3.8) is 0 Å². The first-order chi connectivity index (χ1) is 16.9. The zero-order valence-electron chi connectivity index (χ0n) is 22.3. The molecule has 4 rings (SSSR count). The molecule has 1 N–H and O–H groups in total. The number of carbonyl (C=O) groups excluding carboxylic acids is 2. The molecule has 4 aliphatic carbocycles. The number of aliphatic hydroxyl groups is 1. The summed E-state index contributed by atoms with van der Waals surface area (Å²) < 4.78 is 22.7. The molecule has 0 saturated heterocycles. The number of aliphatic hydroxyl groups excluding tert-OH is 1. The number of hydrogen-bond acceptors (Lipinski definition) is 5. The van der Waals surface area contributed by atoms with Crippen molar-refractivity contribution >= 4 is 22.7 Å². The van der Waals surface area contributed by atoms with Gasteiger partial charge in [-0.3, -0.25) is 9.59 Å². The molecular formula is C30H41FO4S. The summed E-state index contributed by atoms with van der Waals surface area (Å²) in [7, 11) is 0. The molecule has 0 heterocycles. The minimum absolute atomic E-state index is 0.0194. The highest BCUT2D eigenvalue weighted by atomic mass is 32.2. The minimum Gasteiger partial charge on any atom is -0.470 e. The summed E-state index contributed by atoms with van der Waals surface area (Å²) in [6, 6.07) is 0. The number of carbonyl (C=O) groups is 2. The zero-order valence-corrected chi connectivity index (χ0v) is 23.1. The highest BCUT2D eigenvalue weighted by Gasteiger charge is 2.71. The van der Waals surface area contributed by atoms with Gasteiger partial charge in [0.05, 0.1) is 18.8 Å². The molecule has 4 aliphatic rings. The van der Waals surface area contributed by atoms with Crippen LogP contribution >= 0.6 is 11.8 Å². The van der Waals surface area contributed by atoms with Crippen LogP contribution in [0.5, 0.6) is 0 Å². The molecule has 3 fully saturated rings. The predicted molar refractivity (Wildman–Crippen MR) is 143 cm³/mol. The van der Waals surface area contributed by atoms with Gasteiger partial charge in [0, 0.05) is 17.1 Å². The van der Waals surface area contributed by atoms with Crippen LogP contribution in [-0.2, 0) is 14.3 Å². The number of fused-ring (bicyclic) bond motifs is 5. The van der Waals surface area contributed by atoms with E-state index in [-0.39, 0.29) is 46.4 Å². The van der Waals surface area contributed by atoms with Gasteiger partial charge in [0.1, 0.15) is 5.76 Å². The molecule has 0 bridgehead atoms. The minimum atomic E-state index is -1.81. The lowest BCUT2D eigenvalue weighted by Crippen LogP contribution is -2.67. The highest BCUT2D eigenvalue weighted by Crippen LogP contribution is 2.70. The summed E-state index contributed by atoms with van der Waals surface area (Å²) in [4.78, 5) is 24.8. The van der Waals surface area contributed by atoms with Crippen LogP contribution in [0.2, 0.25) is 0 Å². The Morgan fingerprint density at radius 1 is 1.31 bits per heavy atom. The van der Waals surface area contributed by atoms with Gasteiger partial charge in [0.2, 0.25) is 0 Å². The Morgan fingerprint density at radius 2 is 2.03 bits per heavy atom. The third-order valence-electron chi connectivity index (χ3n) is 9.89. The fourth-order valence-corrected chi connectivity index (χ4v) is 9.43. The van der Waals surface area contributed by atoms with E-state index < -0.39 is 17.2 Å². The van der Waals surface area contributed by atoms with Crippen molar-refractivity contribution in [1.29, 1.82) is 0 Å². The van der Waals surface area contributed by atoms with Crippen molar-refractivity contribution in [3.8, 4) is 0 Å². The van der Waals surface area contributed by atoms with Gasteiger partial charge in [-0.1, -0.05) is 57.7 Å². The van der Waals surface area contributed by atoms with Gasteiger partial charge in [-0.2, -0.15) is 0 Å². The molecule has 4 nitrogen and oxygen atoms in total. The molecule has 3 saturated carbocycles. The molecule has 6 heteroatoms. The van der Waals surface area contributed by atoms with Gasteiger partial charge in [-0.15, -0.1) is 0 Å². The Bertz CT molecular complexity index is 1020. The Labute approximate surface area is 219 Å². The maximum atomic E-state index is 17.3. The smallest absolute Gasteiger partial charge is 0.196 e. The van der Waals surface area contributed by atoms with Crippen molar-refractivity contribution in [1.82, 2.24) is 0 Å². The van der Waals surface area contributed by atoms with Gasteiger partial charge < -0.3 is 9.84 Å². The summed E-state index contributed by atoms with van der Waals surface area (Å²) in [5.41, 5.74) is -2.24. The van der Waals surface area contributed by atoms with Gasteiger partial charge >= 0.3 is 0 Å². The molecular weight excluding hydrogens is 475 g/mol. The molecule has 0 aromatic carbocycles. The zero-order chi connectivity index (χ0) is 26.5. The normalized spacial score (nSPS) is 43.5. The van der Waals surface area contributed by atoms with Crippen LogP contribution in [0.3, 0.4) is 0 Å². The largest absolute Gasteiger partial charge is 0.470 e. The van der Waals surface area contributed by atoms with E-state index in [0.29, 0.717) is 30.3 Å². The van der Waals surface area contributed by atoms with Crippen molar-refractivity contribution in [2.24, 2.45) is 40.4 Å². The monoisotopic (exact) mass is 516 g/mol. The van der Waals surface area contributed by atoms with E-state index in [1.54, 1.807) is 18.4 Å². The molecule has 0 radical (unpaired) electrons. The Morgan fingerprint density at radius 3 is 2.72 bits per heavy atom. The number of ketones is 1. The molecule has 6 unspecified atom stereocenters. The van der Waals surface area contributed by atoms with Crippen molar-refractivity contribution in [2.45, 2.75) is 78.5 Å². The van der Waals surface area contributed by atoms with Crippen LogP contribution in [-0.4, -0.2) is 33.5 Å². The predicted octanol–water partition coefficient (Wildman–Crippen LogP) is 6.57. The van der Waals surface area contributed by atoms with Gasteiger partial charge in [-0.05, 0) is 79.9 Å². The number of allylic oxidation sites excluding steroid dienone is 6. The Balaban J connectivity index is 1.53. The number of alkyl halides is 1. The number of rotatable bonds is 7. The van der Waals surface area contributed by atoms with Crippen LogP contribution in [0, 0.1) is 40.4 Å². The first-order valence-corrected chi connectivity index (χ1v) is 14.3. The maximum Gasteiger partial charge on any atom is 0.196 e. The fraction of sp³-hybridized carbons (Fsp3) is 0.667. The lowest BCUT2D eigenvalue weighted by Gasteiger charge is -2.63. The van der Waals surface area contributed by atoms with Gasteiger partial charge in [0.25, 0.3) is 0 Å². The van der Waals surface area contributed by atoms with Crippen LogP contribution in [0.1, 0.15) is 66.7 Å². The van der Waals surface area contributed by atoms with E-state index in [4.69, 9.17) is 4.74 Å². The van der Waals surface area contributed by atoms with Crippen LogP contribution in [0.4, 0.5) is 4.39 Å². The molecule has 0 aromatic heterocycles. The molecule has 198 valence electrons. The van der Waals surface area contributed by atoms with Crippen molar-refractivity contribution in [2.75, 3.05) is 5.75 Å². The Kier molecular flexibility index (Phi) is 7.53. The number of thioether (sulfide) groups is 1. The first kappa shape index (κ1) is 27.4. The molecule has 0 aromatic rings. The quantitative estimate of drug-likeness (QED) is 0.388. The van der Waals surface area contributed by atoms with Crippen molar-refractivity contribution in [3.05, 3.63) is 48.5 Å². The summed E-state index contributed by atoms with van der Waals surface area (Å²) in [5, 5.41) is 11.5. The van der Waals surface area contributed by atoms with Crippen molar-refractivity contribution < 1.29 is 23.8 Å². The summed E-state index contributed by atoms with van der Waals surface area (Å²) in [5.74, 6) is 1.40. The lowest BCUT2D eigenvalue weighted by molar-refractivity contribution is -0.199. The van der Waals surface area contributed by atoms with E-state index in [9.17, 15) is 14.7 Å². The average Bonchev–Trinajstić information content (AvgIpc) is 3.05. The number of hydrogen-bond donors (Lipinski definition) is 1. The third-order valence-corrected chi connectivity index (χ3v) is 10.9. The maximum absolute atomic E-state index is 17.3. The second-order valence-corrected chi connectivity index (χ2v) is 13.1. The second-order valence-electron chi connectivity index (χ2n) is 12.0. The highest BCUT2D eigenvalue weighted by molar-refractivity contribution is 8.13. The topological polar surface area (TPSA) is 63.6 Å². The average molecular weight is 517 g/mol. The van der Waals surface area contributed by atoms with Gasteiger partial charge in [-0.25, -0.2) is 4.39 Å². The van der Waals surface area contributed by atoms with E-state index in [1.807, 2.05) is 19.9 Å². The van der Waals surface area contributed by atoms with Gasteiger partial charge in [0.15, 0.2) is 16.6 Å². The number of ether oxygens (including phenoxy) is 1. The van der Waals surface area contributed by atoms with E-state index in [1.165, 1.54) is 17.8 Å². The number of halogens is 1. The molecule has 0 spiro atoms. The summed E-state index contributed by atoms with van der Waals surface area (Å²) in [6.45, 7) is 14.2. The molecule has 0 aliphatic heterocycles. The van der Waals surface area contributed by atoms with E-state index >= 15 is 4.39 Å². The standard InChI is InChI=1S/C30H41FO4S/c1-7-8-11-35-20(4)14-27(34)36-17-25-19(3)12-23-24-13-18(2)22-15-21(32)9-10-29(22,6)30(24,31)26(33)16-28(23,25)5/h8-11,15,18-19,23-26,33H,4,7,12-14,16-17H2,1-3,5-6H3/b11-8-/t18-,19+,23?,24?,25?,26?,28?,29?,30-/m0/s1. The third kappa shape index (κ3) is 4.26. The Hall–Kier alpha value is -1.66. The summed E-state index contributed by atoms with van der Waals surface area (Å²) >= 11 is 1.31. The second kappa shape index (κ2) is 9.90. The van der Waals surface area contributed by atoms with E-state index in [2.05, 4.69) is 27.4 Å². The van der Waals surface area contributed by atoms with Crippen LogP contribution in [0.25, 0.3) is 0 Å². The first-order valence-electron chi connectivity index (χ1n) is 13.4. The van der Waals surface area contributed by atoms with E-state index in [0.717, 1.165) is 18.4 Å². The van der Waals surface area contributed by atoms with Crippen LogP contribution in [0.15, 0.2) is 48.5 Å². The lowest BCUT2D eigenvalue weighted by atomic mass is 9.44. The van der Waals surface area contributed by atoms with Crippen LogP contribution < -0.4 is 0 Å². The molecule has 9 atom stereocenters. The fourth-order valence-electron chi connectivity index (χ4n) is 8.10. The molecule has 0 amide bonds. The molecule has 36 heavy (non-hydrogen) atoms. The summed E-state index contributed by atoms with van der Waals surface area (Å²) in [6.07, 6.45) is 10.00.